The van der Waals surface area contributed by atoms with Crippen LogP contribution in [-0.2, 0) is 4.79 Å². The SMILES string of the molecule is CC.COc1cc(NC2CCN(c3ccc(-c4cn[nH]c4)cc3)C2=O)cc(OC)c1. The molecule has 7 nitrogen and oxygen atoms in total. The van der Waals surface area contributed by atoms with Gasteiger partial charge in [-0.1, -0.05) is 26.0 Å². The number of carbonyl (C=O) groups is 1. The van der Waals surface area contributed by atoms with Gasteiger partial charge in [0.15, 0.2) is 0 Å². The number of carbonyl (C=O) groups excluding carboxylic acids is 1. The molecule has 0 spiro atoms. The summed E-state index contributed by atoms with van der Waals surface area (Å²) in [6, 6.07) is 13.2. The van der Waals surface area contributed by atoms with Crippen LogP contribution in [0.5, 0.6) is 11.5 Å². The molecule has 2 N–H and O–H groups in total. The molecule has 4 rings (SSSR count). The minimum Gasteiger partial charge on any atom is -0.497 e. The zero-order valence-corrected chi connectivity index (χ0v) is 17.8. The fraction of sp³-hybridized carbons (Fsp3) is 0.304. The third-order valence-electron chi connectivity index (χ3n) is 4.91. The van der Waals surface area contributed by atoms with Gasteiger partial charge in [-0.2, -0.15) is 5.10 Å². The molecule has 2 aromatic carbocycles. The predicted molar refractivity (Wildman–Crippen MR) is 119 cm³/mol. The van der Waals surface area contributed by atoms with E-state index in [1.165, 1.54) is 0 Å². The number of H-pyrrole nitrogens is 1. The van der Waals surface area contributed by atoms with E-state index in [1.54, 1.807) is 26.5 Å². The van der Waals surface area contributed by atoms with Crippen LogP contribution in [0.4, 0.5) is 11.4 Å². The van der Waals surface area contributed by atoms with E-state index in [0.29, 0.717) is 18.0 Å². The molecule has 1 saturated heterocycles. The van der Waals surface area contributed by atoms with Crippen molar-refractivity contribution in [2.75, 3.05) is 31.0 Å². The van der Waals surface area contributed by atoms with Crippen LogP contribution >= 0.6 is 0 Å². The first kappa shape index (κ1) is 21.2. The summed E-state index contributed by atoms with van der Waals surface area (Å²) in [7, 11) is 3.21. The van der Waals surface area contributed by atoms with Crippen molar-refractivity contribution in [3.8, 4) is 22.6 Å². The average molecular weight is 409 g/mol. The van der Waals surface area contributed by atoms with Crippen LogP contribution in [0.3, 0.4) is 0 Å². The van der Waals surface area contributed by atoms with E-state index in [-0.39, 0.29) is 11.9 Å². The molecule has 158 valence electrons. The highest BCUT2D eigenvalue weighted by molar-refractivity contribution is 6.01. The van der Waals surface area contributed by atoms with Crippen LogP contribution in [0.25, 0.3) is 11.1 Å². The van der Waals surface area contributed by atoms with E-state index in [4.69, 9.17) is 9.47 Å². The van der Waals surface area contributed by atoms with E-state index in [1.807, 2.05) is 61.3 Å². The summed E-state index contributed by atoms with van der Waals surface area (Å²) in [4.78, 5) is 14.7. The molecule has 1 aromatic heterocycles. The number of ether oxygens (including phenoxy) is 2. The van der Waals surface area contributed by atoms with Crippen molar-refractivity contribution in [2.24, 2.45) is 0 Å². The summed E-state index contributed by atoms with van der Waals surface area (Å²) in [6.07, 6.45) is 4.35. The monoisotopic (exact) mass is 408 g/mol. The summed E-state index contributed by atoms with van der Waals surface area (Å²) in [5, 5.41) is 10.1. The summed E-state index contributed by atoms with van der Waals surface area (Å²) in [5.74, 6) is 1.41. The first-order chi connectivity index (χ1) is 14.7. The number of benzene rings is 2. The molecule has 0 bridgehead atoms. The Morgan fingerprint density at radius 3 is 2.27 bits per heavy atom. The number of hydrogen-bond donors (Lipinski definition) is 2. The Morgan fingerprint density at radius 1 is 1.03 bits per heavy atom. The maximum absolute atomic E-state index is 12.9. The minimum absolute atomic E-state index is 0.0536. The molecule has 1 amide bonds. The largest absolute Gasteiger partial charge is 0.497 e. The standard InChI is InChI=1S/C21H22N4O3.C2H6/c1-27-18-9-16(10-19(11-18)28-2)24-20-7-8-25(21(20)26)17-5-3-14(4-6-17)15-12-22-23-13-15;1-2/h3-6,9-13,20,24H,7-8H2,1-2H3,(H,22,23);1-2H3. The van der Waals surface area contributed by atoms with Crippen LogP contribution < -0.4 is 19.7 Å². The fourth-order valence-corrected chi connectivity index (χ4v) is 3.40. The van der Waals surface area contributed by atoms with Gasteiger partial charge in [0.2, 0.25) is 5.91 Å². The van der Waals surface area contributed by atoms with Gasteiger partial charge in [0.25, 0.3) is 0 Å². The second kappa shape index (κ2) is 9.82. The quantitative estimate of drug-likeness (QED) is 0.634. The number of rotatable bonds is 6. The van der Waals surface area contributed by atoms with Crippen molar-refractivity contribution in [1.29, 1.82) is 0 Å². The normalized spacial score (nSPS) is 15.4. The maximum atomic E-state index is 12.9. The average Bonchev–Trinajstić information content (AvgIpc) is 3.46. The number of aromatic nitrogens is 2. The number of nitrogens with zero attached hydrogens (tertiary/aromatic N) is 2. The van der Waals surface area contributed by atoms with Gasteiger partial charge in [0.1, 0.15) is 17.5 Å². The second-order valence-electron chi connectivity index (χ2n) is 6.61. The summed E-state index contributed by atoms with van der Waals surface area (Å²) in [5.41, 5.74) is 3.77. The molecule has 0 saturated carbocycles. The molecule has 1 unspecified atom stereocenters. The Balaban J connectivity index is 0.00000124. The summed E-state index contributed by atoms with van der Waals surface area (Å²) in [6.45, 7) is 4.67. The number of aromatic amines is 1. The molecule has 7 heteroatoms. The van der Waals surface area contributed by atoms with Crippen LogP contribution in [0.15, 0.2) is 54.9 Å². The van der Waals surface area contributed by atoms with Gasteiger partial charge >= 0.3 is 0 Å². The van der Waals surface area contributed by atoms with E-state index in [0.717, 1.165) is 28.9 Å². The highest BCUT2D eigenvalue weighted by atomic mass is 16.5. The van der Waals surface area contributed by atoms with Crippen molar-refractivity contribution in [3.05, 3.63) is 54.9 Å². The highest BCUT2D eigenvalue weighted by Gasteiger charge is 2.32. The molecule has 1 aliphatic rings. The first-order valence-corrected chi connectivity index (χ1v) is 10.1. The van der Waals surface area contributed by atoms with Gasteiger partial charge < -0.3 is 19.7 Å². The number of anilines is 2. The Kier molecular flexibility index (Phi) is 6.95. The van der Waals surface area contributed by atoms with E-state index < -0.39 is 0 Å². The van der Waals surface area contributed by atoms with E-state index >= 15 is 0 Å². The van der Waals surface area contributed by atoms with Gasteiger partial charge in [-0.15, -0.1) is 0 Å². The Bertz CT molecular complexity index is 933. The first-order valence-electron chi connectivity index (χ1n) is 10.1. The van der Waals surface area contributed by atoms with Crippen molar-refractivity contribution >= 4 is 17.3 Å². The smallest absolute Gasteiger partial charge is 0.249 e. The lowest BCUT2D eigenvalue weighted by Gasteiger charge is -2.18. The van der Waals surface area contributed by atoms with Gasteiger partial charge in [-0.05, 0) is 24.1 Å². The van der Waals surface area contributed by atoms with Crippen LogP contribution in [0.1, 0.15) is 20.3 Å². The minimum atomic E-state index is -0.287. The summed E-state index contributed by atoms with van der Waals surface area (Å²) < 4.78 is 10.6. The molecule has 1 aliphatic heterocycles. The number of methoxy groups -OCH3 is 2. The third-order valence-corrected chi connectivity index (χ3v) is 4.91. The molecule has 0 aliphatic carbocycles. The molecule has 2 heterocycles. The highest BCUT2D eigenvalue weighted by Crippen LogP contribution is 2.30. The molecular weight excluding hydrogens is 380 g/mol. The van der Waals surface area contributed by atoms with Crippen molar-refractivity contribution in [1.82, 2.24) is 10.2 Å². The Morgan fingerprint density at radius 2 is 1.70 bits per heavy atom. The van der Waals surface area contributed by atoms with Gasteiger partial charge in [0.05, 0.1) is 20.4 Å². The van der Waals surface area contributed by atoms with E-state index in [2.05, 4.69) is 15.5 Å². The predicted octanol–water partition coefficient (Wildman–Crippen LogP) is 4.34. The number of amides is 1. The topological polar surface area (TPSA) is 79.5 Å². The lowest BCUT2D eigenvalue weighted by Crippen LogP contribution is -2.33. The van der Waals surface area contributed by atoms with Crippen molar-refractivity contribution in [3.63, 3.8) is 0 Å². The molecule has 0 radical (unpaired) electrons. The zero-order chi connectivity index (χ0) is 21.5. The molecule has 30 heavy (non-hydrogen) atoms. The fourth-order valence-electron chi connectivity index (χ4n) is 3.40. The van der Waals surface area contributed by atoms with Crippen molar-refractivity contribution in [2.45, 2.75) is 26.3 Å². The lowest BCUT2D eigenvalue weighted by atomic mass is 10.1. The molecular formula is C23H28N4O3. The Labute approximate surface area is 177 Å². The van der Waals surface area contributed by atoms with Gasteiger partial charge in [-0.3, -0.25) is 9.89 Å². The Hall–Kier alpha value is -3.48. The van der Waals surface area contributed by atoms with Gasteiger partial charge in [0, 0.05) is 47.9 Å². The molecule has 3 aromatic rings. The molecule has 1 fully saturated rings. The third kappa shape index (κ3) is 4.56. The zero-order valence-electron chi connectivity index (χ0n) is 17.8. The van der Waals surface area contributed by atoms with Crippen molar-refractivity contribution < 1.29 is 14.3 Å². The number of hydrogen-bond acceptors (Lipinski definition) is 5. The summed E-state index contributed by atoms with van der Waals surface area (Å²) >= 11 is 0. The second-order valence-corrected chi connectivity index (χ2v) is 6.61. The maximum Gasteiger partial charge on any atom is 0.249 e. The van der Waals surface area contributed by atoms with Gasteiger partial charge in [-0.25, -0.2) is 0 Å². The molecule has 1 atom stereocenters. The van der Waals surface area contributed by atoms with E-state index in [9.17, 15) is 4.79 Å². The lowest BCUT2D eigenvalue weighted by molar-refractivity contribution is -0.117. The van der Waals surface area contributed by atoms with Crippen LogP contribution in [-0.4, -0.2) is 42.9 Å². The van der Waals surface area contributed by atoms with Crippen LogP contribution in [0.2, 0.25) is 0 Å². The van der Waals surface area contributed by atoms with Crippen LogP contribution in [0, 0.1) is 0 Å². The number of nitrogens with one attached hydrogen (secondary N) is 2.